The van der Waals surface area contributed by atoms with E-state index in [2.05, 4.69) is 68.4 Å². The lowest BCUT2D eigenvalue weighted by Crippen LogP contribution is -2.36. The summed E-state index contributed by atoms with van der Waals surface area (Å²) in [5, 5.41) is 0. The molecule has 4 aromatic rings. The van der Waals surface area contributed by atoms with Gasteiger partial charge < -0.3 is 19.5 Å². The van der Waals surface area contributed by atoms with Crippen LogP contribution in [0.2, 0.25) is 0 Å². The van der Waals surface area contributed by atoms with E-state index < -0.39 is 0 Å². The Bertz CT molecular complexity index is 1240. The average molecular weight is 440 g/mol. The maximum atomic E-state index is 13.0. The van der Waals surface area contributed by atoms with E-state index in [4.69, 9.17) is 4.74 Å². The molecule has 1 fully saturated rings. The third-order valence-corrected chi connectivity index (χ3v) is 6.63. The smallest absolute Gasteiger partial charge is 0.409 e. The van der Waals surface area contributed by atoms with E-state index in [0.717, 1.165) is 24.4 Å². The van der Waals surface area contributed by atoms with Gasteiger partial charge in [-0.15, -0.1) is 0 Å². The summed E-state index contributed by atoms with van der Waals surface area (Å²) in [5.41, 5.74) is 6.56. The van der Waals surface area contributed by atoms with Crippen LogP contribution in [0.5, 0.6) is 0 Å². The first-order valence-corrected chi connectivity index (χ1v) is 11.4. The lowest BCUT2D eigenvalue weighted by atomic mass is 9.98. The number of imidazole rings is 1. The van der Waals surface area contributed by atoms with Gasteiger partial charge in [-0.25, -0.2) is 9.78 Å². The number of hydrogen-bond acceptors (Lipinski definition) is 5. The molecule has 166 valence electrons. The Morgan fingerprint density at radius 3 is 2.45 bits per heavy atom. The van der Waals surface area contributed by atoms with Crippen LogP contribution in [0.15, 0.2) is 66.9 Å². The average Bonchev–Trinajstić information content (AvgIpc) is 3.32. The van der Waals surface area contributed by atoms with Gasteiger partial charge >= 0.3 is 6.09 Å². The fraction of sp³-hybridized carbons (Fsp3) is 0.269. The van der Waals surface area contributed by atoms with Crippen molar-refractivity contribution in [3.8, 4) is 11.1 Å². The molecular weight excluding hydrogens is 414 g/mol. The second-order valence-electron chi connectivity index (χ2n) is 8.57. The number of aromatic amines is 1. The number of pyridine rings is 1. The molecular formula is C26H25N5O2. The zero-order valence-corrected chi connectivity index (χ0v) is 18.3. The summed E-state index contributed by atoms with van der Waals surface area (Å²) in [6.07, 6.45) is 2.35. The summed E-state index contributed by atoms with van der Waals surface area (Å²) >= 11 is 0. The number of rotatable bonds is 3. The Kier molecular flexibility index (Phi) is 4.94. The molecule has 0 saturated carbocycles. The van der Waals surface area contributed by atoms with Crippen molar-refractivity contribution < 1.29 is 9.53 Å². The van der Waals surface area contributed by atoms with Gasteiger partial charge in [0.2, 0.25) is 5.95 Å². The standard InChI is InChI=1S/C26H25N5O2/c32-26(33-17-22-20-9-3-1-7-18(20)19-8-2-4-10-21(19)22)31-14-6-13-30(15-16-31)25-28-23-11-5-12-27-24(23)29-25/h1-5,7-12,22H,6,13-17H2,(H,27,28,29). The topological polar surface area (TPSA) is 74.3 Å². The largest absolute Gasteiger partial charge is 0.448 e. The van der Waals surface area contributed by atoms with Gasteiger partial charge in [0.05, 0.1) is 5.52 Å². The van der Waals surface area contributed by atoms with Crippen LogP contribution in [-0.4, -0.2) is 58.7 Å². The van der Waals surface area contributed by atoms with Gasteiger partial charge in [-0.05, 0) is 40.8 Å². The number of carbonyl (C=O) groups excluding carboxylic acids is 1. The van der Waals surface area contributed by atoms with Crippen molar-refractivity contribution in [3.05, 3.63) is 78.0 Å². The maximum Gasteiger partial charge on any atom is 0.409 e. The van der Waals surface area contributed by atoms with Crippen LogP contribution in [0, 0.1) is 0 Å². The van der Waals surface area contributed by atoms with E-state index in [1.54, 1.807) is 6.20 Å². The van der Waals surface area contributed by atoms with Gasteiger partial charge in [0.15, 0.2) is 5.65 Å². The van der Waals surface area contributed by atoms with E-state index in [9.17, 15) is 4.79 Å². The van der Waals surface area contributed by atoms with Crippen LogP contribution >= 0.6 is 0 Å². The summed E-state index contributed by atoms with van der Waals surface area (Å²) in [6, 6.07) is 20.7. The summed E-state index contributed by atoms with van der Waals surface area (Å²) < 4.78 is 5.86. The summed E-state index contributed by atoms with van der Waals surface area (Å²) in [5.74, 6) is 0.881. The van der Waals surface area contributed by atoms with Gasteiger partial charge in [0.25, 0.3) is 0 Å². The van der Waals surface area contributed by atoms with E-state index in [-0.39, 0.29) is 12.0 Å². The number of carbonyl (C=O) groups is 1. The monoisotopic (exact) mass is 439 g/mol. The number of amides is 1. The van der Waals surface area contributed by atoms with Gasteiger partial charge in [0.1, 0.15) is 6.61 Å². The van der Waals surface area contributed by atoms with Gasteiger partial charge in [-0.3, -0.25) is 0 Å². The lowest BCUT2D eigenvalue weighted by Gasteiger charge is -2.22. The van der Waals surface area contributed by atoms with Crippen molar-refractivity contribution in [2.45, 2.75) is 12.3 Å². The van der Waals surface area contributed by atoms with Gasteiger partial charge in [0, 0.05) is 38.3 Å². The number of H-pyrrole nitrogens is 1. The number of benzene rings is 2. The second-order valence-corrected chi connectivity index (χ2v) is 8.57. The number of nitrogens with one attached hydrogen (secondary N) is 1. The maximum absolute atomic E-state index is 13.0. The number of fused-ring (bicyclic) bond motifs is 4. The molecule has 6 rings (SSSR count). The molecule has 1 aliphatic heterocycles. The Balaban J connectivity index is 1.12. The number of hydrogen-bond donors (Lipinski definition) is 1. The summed E-state index contributed by atoms with van der Waals surface area (Å²) in [4.78, 5) is 29.2. The van der Waals surface area contributed by atoms with E-state index in [1.807, 2.05) is 17.0 Å². The van der Waals surface area contributed by atoms with Crippen molar-refractivity contribution in [2.24, 2.45) is 0 Å². The number of ether oxygens (including phenoxy) is 1. The van der Waals surface area contributed by atoms with Crippen molar-refractivity contribution in [2.75, 3.05) is 37.7 Å². The van der Waals surface area contributed by atoms with Crippen molar-refractivity contribution in [1.29, 1.82) is 0 Å². The molecule has 1 amide bonds. The predicted molar refractivity (Wildman–Crippen MR) is 127 cm³/mol. The molecule has 0 radical (unpaired) electrons. The first-order valence-electron chi connectivity index (χ1n) is 11.4. The number of nitrogens with zero attached hydrogens (tertiary/aromatic N) is 4. The fourth-order valence-corrected chi connectivity index (χ4v) is 4.98. The molecule has 0 bridgehead atoms. The first kappa shape index (κ1) is 19.8. The molecule has 0 unspecified atom stereocenters. The Morgan fingerprint density at radius 1 is 0.939 bits per heavy atom. The molecule has 3 heterocycles. The minimum Gasteiger partial charge on any atom is -0.448 e. The highest BCUT2D eigenvalue weighted by Crippen LogP contribution is 2.44. The van der Waals surface area contributed by atoms with Crippen LogP contribution in [-0.2, 0) is 4.74 Å². The van der Waals surface area contributed by atoms with Crippen LogP contribution in [0.25, 0.3) is 22.3 Å². The number of aromatic nitrogens is 3. The molecule has 2 aromatic carbocycles. The Labute approximate surface area is 192 Å². The summed E-state index contributed by atoms with van der Waals surface area (Å²) in [6.45, 7) is 3.14. The first-order chi connectivity index (χ1) is 16.3. The summed E-state index contributed by atoms with van der Waals surface area (Å²) in [7, 11) is 0. The zero-order chi connectivity index (χ0) is 22.2. The second kappa shape index (κ2) is 8.24. The lowest BCUT2D eigenvalue weighted by molar-refractivity contribution is 0.102. The SMILES string of the molecule is O=C(OCC1c2ccccc2-c2ccccc21)N1CCCN(c2nc3ncccc3[nH]2)CC1. The minimum atomic E-state index is -0.245. The van der Waals surface area contributed by atoms with Crippen molar-refractivity contribution >= 4 is 23.2 Å². The minimum absolute atomic E-state index is 0.0767. The van der Waals surface area contributed by atoms with E-state index in [0.29, 0.717) is 31.9 Å². The Morgan fingerprint density at radius 2 is 1.70 bits per heavy atom. The third-order valence-electron chi connectivity index (χ3n) is 6.63. The highest BCUT2D eigenvalue weighted by atomic mass is 16.6. The molecule has 7 nitrogen and oxygen atoms in total. The molecule has 7 heteroatoms. The van der Waals surface area contributed by atoms with Crippen LogP contribution in [0.1, 0.15) is 23.5 Å². The predicted octanol–water partition coefficient (Wildman–Crippen LogP) is 4.42. The molecule has 1 saturated heterocycles. The normalized spacial score (nSPS) is 15.9. The fourth-order valence-electron chi connectivity index (χ4n) is 4.98. The zero-order valence-electron chi connectivity index (χ0n) is 18.3. The van der Waals surface area contributed by atoms with Crippen molar-refractivity contribution in [3.63, 3.8) is 0 Å². The van der Waals surface area contributed by atoms with E-state index >= 15 is 0 Å². The molecule has 1 aliphatic carbocycles. The van der Waals surface area contributed by atoms with Gasteiger partial charge in [-0.1, -0.05) is 48.5 Å². The van der Waals surface area contributed by atoms with E-state index in [1.165, 1.54) is 22.3 Å². The Hall–Kier alpha value is -3.87. The van der Waals surface area contributed by atoms with Crippen LogP contribution in [0.3, 0.4) is 0 Å². The molecule has 2 aliphatic rings. The number of anilines is 1. The van der Waals surface area contributed by atoms with Crippen LogP contribution < -0.4 is 4.90 Å². The molecule has 0 spiro atoms. The van der Waals surface area contributed by atoms with Crippen LogP contribution in [0.4, 0.5) is 10.7 Å². The molecule has 33 heavy (non-hydrogen) atoms. The highest BCUT2D eigenvalue weighted by Gasteiger charge is 2.30. The molecule has 0 atom stereocenters. The van der Waals surface area contributed by atoms with Crippen molar-refractivity contribution in [1.82, 2.24) is 19.9 Å². The third kappa shape index (κ3) is 3.59. The quantitative estimate of drug-likeness (QED) is 0.512. The molecule has 1 N–H and O–H groups in total. The molecule has 2 aromatic heterocycles. The highest BCUT2D eigenvalue weighted by molar-refractivity contribution is 5.79. The van der Waals surface area contributed by atoms with Gasteiger partial charge in [-0.2, -0.15) is 4.98 Å².